The van der Waals surface area contributed by atoms with Crippen LogP contribution in [0.25, 0.3) is 0 Å². The first-order valence-electron chi connectivity index (χ1n) is 6.39. The van der Waals surface area contributed by atoms with E-state index in [2.05, 4.69) is 66.3 Å². The van der Waals surface area contributed by atoms with Crippen LogP contribution in [0.4, 0.5) is 0 Å². The van der Waals surface area contributed by atoms with Gasteiger partial charge >= 0.3 is 0 Å². The van der Waals surface area contributed by atoms with Crippen LogP contribution in [0.3, 0.4) is 0 Å². The van der Waals surface area contributed by atoms with Crippen molar-refractivity contribution in [3.63, 3.8) is 0 Å². The average Bonchev–Trinajstić information content (AvgIpc) is 2.28. The van der Waals surface area contributed by atoms with E-state index >= 15 is 0 Å². The second kappa shape index (κ2) is 7.27. The fraction of sp³-hybridized carbons (Fsp3) is 0.600. The Morgan fingerprint density at radius 2 is 1.83 bits per heavy atom. The lowest BCUT2D eigenvalue weighted by molar-refractivity contribution is 0.146. The minimum atomic E-state index is 0.158. The Labute approximate surface area is 119 Å². The molecule has 0 aliphatic rings. The summed E-state index contributed by atoms with van der Waals surface area (Å²) in [6.45, 7) is 8.34. The second-order valence-electron chi connectivity index (χ2n) is 5.78. The van der Waals surface area contributed by atoms with E-state index in [0.29, 0.717) is 5.92 Å². The van der Waals surface area contributed by atoms with Crippen LogP contribution in [0.2, 0.25) is 0 Å². The molecule has 3 heteroatoms. The quantitative estimate of drug-likeness (QED) is 0.865. The van der Waals surface area contributed by atoms with Crippen molar-refractivity contribution >= 4 is 15.9 Å². The third-order valence-corrected chi connectivity index (χ3v) is 3.29. The molecule has 0 saturated carbocycles. The van der Waals surface area contributed by atoms with Gasteiger partial charge in [-0.1, -0.05) is 28.1 Å². The Balaban J connectivity index is 2.54. The van der Waals surface area contributed by atoms with E-state index in [9.17, 15) is 0 Å². The summed E-state index contributed by atoms with van der Waals surface area (Å²) in [7, 11) is 1.77. The lowest BCUT2D eigenvalue weighted by atomic mass is 9.98. The van der Waals surface area contributed by atoms with E-state index in [0.717, 1.165) is 24.0 Å². The molecule has 1 N–H and O–H groups in total. The maximum absolute atomic E-state index is 5.32. The topological polar surface area (TPSA) is 21.3 Å². The van der Waals surface area contributed by atoms with Crippen LogP contribution >= 0.6 is 15.9 Å². The van der Waals surface area contributed by atoms with Crippen molar-refractivity contribution < 1.29 is 4.74 Å². The normalized spacial score (nSPS) is 13.6. The molecule has 0 radical (unpaired) electrons. The number of methoxy groups -OCH3 is 1. The smallest absolute Gasteiger partial charge is 0.0505 e. The van der Waals surface area contributed by atoms with E-state index in [1.807, 2.05) is 0 Å². The summed E-state index contributed by atoms with van der Waals surface area (Å²) in [4.78, 5) is 0. The Morgan fingerprint density at radius 3 is 2.33 bits per heavy atom. The van der Waals surface area contributed by atoms with Gasteiger partial charge < -0.3 is 10.1 Å². The van der Waals surface area contributed by atoms with Crippen molar-refractivity contribution in [2.45, 2.75) is 32.7 Å². The van der Waals surface area contributed by atoms with Crippen molar-refractivity contribution in [1.29, 1.82) is 0 Å². The van der Waals surface area contributed by atoms with Gasteiger partial charge in [-0.3, -0.25) is 0 Å². The summed E-state index contributed by atoms with van der Waals surface area (Å²) in [6, 6.07) is 8.53. The van der Waals surface area contributed by atoms with Crippen molar-refractivity contribution in [2.24, 2.45) is 5.92 Å². The van der Waals surface area contributed by atoms with Gasteiger partial charge in [-0.15, -0.1) is 0 Å². The number of nitrogens with one attached hydrogen (secondary N) is 1. The Hall–Kier alpha value is -0.380. The molecule has 1 rings (SSSR count). The largest absolute Gasteiger partial charge is 0.384 e. The van der Waals surface area contributed by atoms with Gasteiger partial charge in [0.1, 0.15) is 0 Å². The molecule has 0 aromatic heterocycles. The SMILES string of the molecule is COCC(CNC(C)(C)C)Cc1ccc(Br)cc1. The number of rotatable bonds is 6. The molecule has 0 bridgehead atoms. The van der Waals surface area contributed by atoms with Crippen molar-refractivity contribution in [3.05, 3.63) is 34.3 Å². The Morgan fingerprint density at radius 1 is 1.22 bits per heavy atom. The van der Waals surface area contributed by atoms with Gasteiger partial charge in [-0.25, -0.2) is 0 Å². The zero-order valence-corrected chi connectivity index (χ0v) is 13.4. The molecule has 0 aliphatic heterocycles. The fourth-order valence-corrected chi connectivity index (χ4v) is 2.09. The van der Waals surface area contributed by atoms with Crippen LogP contribution in [0.5, 0.6) is 0 Å². The number of hydrogen-bond acceptors (Lipinski definition) is 2. The molecule has 2 nitrogen and oxygen atoms in total. The highest BCUT2D eigenvalue weighted by Gasteiger charge is 2.14. The minimum absolute atomic E-state index is 0.158. The number of halogens is 1. The summed E-state index contributed by atoms with van der Waals surface area (Å²) >= 11 is 3.46. The van der Waals surface area contributed by atoms with Crippen LogP contribution < -0.4 is 5.32 Å². The van der Waals surface area contributed by atoms with Gasteiger partial charge in [0.25, 0.3) is 0 Å². The summed E-state index contributed by atoms with van der Waals surface area (Å²) < 4.78 is 6.44. The van der Waals surface area contributed by atoms with Crippen molar-refractivity contribution in [2.75, 3.05) is 20.3 Å². The summed E-state index contributed by atoms with van der Waals surface area (Å²) in [5.74, 6) is 0.510. The number of ether oxygens (including phenoxy) is 1. The highest BCUT2D eigenvalue weighted by atomic mass is 79.9. The van der Waals surface area contributed by atoms with E-state index in [4.69, 9.17) is 4.74 Å². The molecule has 18 heavy (non-hydrogen) atoms. The van der Waals surface area contributed by atoms with Crippen LogP contribution in [0, 0.1) is 5.92 Å². The zero-order valence-electron chi connectivity index (χ0n) is 11.8. The van der Waals surface area contributed by atoms with E-state index in [-0.39, 0.29) is 5.54 Å². The molecule has 1 unspecified atom stereocenters. The molecular weight excluding hydrogens is 290 g/mol. The van der Waals surface area contributed by atoms with Crippen LogP contribution in [-0.4, -0.2) is 25.8 Å². The average molecular weight is 314 g/mol. The summed E-state index contributed by atoms with van der Waals surface area (Å²) in [6.07, 6.45) is 1.05. The predicted molar refractivity (Wildman–Crippen MR) is 81.0 cm³/mol. The molecule has 0 saturated heterocycles. The maximum atomic E-state index is 5.32. The molecule has 102 valence electrons. The van der Waals surface area contributed by atoms with Gasteiger partial charge in [-0.05, 0) is 50.8 Å². The van der Waals surface area contributed by atoms with Crippen LogP contribution in [0.15, 0.2) is 28.7 Å². The lowest BCUT2D eigenvalue weighted by Gasteiger charge is -2.25. The highest BCUT2D eigenvalue weighted by molar-refractivity contribution is 9.10. The minimum Gasteiger partial charge on any atom is -0.384 e. The van der Waals surface area contributed by atoms with Gasteiger partial charge in [0.05, 0.1) is 6.61 Å². The van der Waals surface area contributed by atoms with Crippen molar-refractivity contribution in [1.82, 2.24) is 5.32 Å². The first kappa shape index (κ1) is 15.7. The number of hydrogen-bond donors (Lipinski definition) is 1. The molecule has 0 heterocycles. The molecule has 1 aromatic carbocycles. The van der Waals surface area contributed by atoms with E-state index < -0.39 is 0 Å². The molecule has 1 atom stereocenters. The van der Waals surface area contributed by atoms with Gasteiger partial charge in [0, 0.05) is 23.7 Å². The molecule has 0 amide bonds. The monoisotopic (exact) mass is 313 g/mol. The fourth-order valence-electron chi connectivity index (χ4n) is 1.83. The Bertz CT molecular complexity index is 343. The molecule has 0 spiro atoms. The molecule has 0 fully saturated rings. The molecule has 0 aliphatic carbocycles. The van der Waals surface area contributed by atoms with Crippen LogP contribution in [0.1, 0.15) is 26.3 Å². The Kier molecular flexibility index (Phi) is 6.33. The van der Waals surface area contributed by atoms with Gasteiger partial charge in [-0.2, -0.15) is 0 Å². The summed E-state index contributed by atoms with van der Waals surface area (Å²) in [5, 5.41) is 3.55. The third kappa shape index (κ3) is 6.53. The third-order valence-electron chi connectivity index (χ3n) is 2.76. The number of benzene rings is 1. The van der Waals surface area contributed by atoms with Crippen molar-refractivity contribution in [3.8, 4) is 0 Å². The standard InChI is InChI=1S/C15H24BrNO/c1-15(2,3)17-10-13(11-18-4)9-12-5-7-14(16)8-6-12/h5-8,13,17H,9-11H2,1-4H3. The summed E-state index contributed by atoms with van der Waals surface area (Å²) in [5.41, 5.74) is 1.52. The first-order valence-corrected chi connectivity index (χ1v) is 7.18. The zero-order chi connectivity index (χ0) is 13.6. The van der Waals surface area contributed by atoms with Crippen LogP contribution in [-0.2, 0) is 11.2 Å². The lowest BCUT2D eigenvalue weighted by Crippen LogP contribution is -2.40. The van der Waals surface area contributed by atoms with E-state index in [1.54, 1.807) is 7.11 Å². The maximum Gasteiger partial charge on any atom is 0.0505 e. The predicted octanol–water partition coefficient (Wildman–Crippen LogP) is 3.64. The second-order valence-corrected chi connectivity index (χ2v) is 6.70. The molecule has 1 aromatic rings. The van der Waals surface area contributed by atoms with Gasteiger partial charge in [0.15, 0.2) is 0 Å². The molecular formula is C15H24BrNO. The highest BCUT2D eigenvalue weighted by Crippen LogP contribution is 2.14. The van der Waals surface area contributed by atoms with E-state index in [1.165, 1.54) is 5.56 Å². The van der Waals surface area contributed by atoms with Gasteiger partial charge in [0.2, 0.25) is 0 Å². The first-order chi connectivity index (χ1) is 8.40.